The Morgan fingerprint density at radius 1 is 0.505 bits per heavy atom. The van der Waals surface area contributed by atoms with E-state index < -0.39 is 82.9 Å². The van der Waals surface area contributed by atoms with E-state index >= 15 is 4.57 Å². The lowest BCUT2D eigenvalue weighted by molar-refractivity contribution is -0.162. The van der Waals surface area contributed by atoms with Gasteiger partial charge in [0.05, 0.1) is 37.4 Å². The van der Waals surface area contributed by atoms with Gasteiger partial charge in [-0.3, -0.25) is 48.0 Å². The number of rotatable bonds is 31. The number of carbonyl (C=O) groups excluding carboxylic acids is 7. The molecule has 2 N–H and O–H groups in total. The second-order valence-corrected chi connectivity index (χ2v) is 31.8. The minimum absolute atomic E-state index is 0.00692. The van der Waals surface area contributed by atoms with E-state index in [1.54, 1.807) is 139 Å². The lowest BCUT2D eigenvalue weighted by Crippen LogP contribution is -2.49. The third kappa shape index (κ3) is 31.9. The first-order valence-corrected chi connectivity index (χ1v) is 33.6. The van der Waals surface area contributed by atoms with Gasteiger partial charge < -0.3 is 43.4 Å². The molecule has 0 aromatic heterocycles. The predicted octanol–water partition coefficient (Wildman–Crippen LogP) is 11.2. The molecule has 2 atom stereocenters. The SMILES string of the molecule is CC(C)(C)OC(=O)CN(CCN(CCN(CC(=O)OC(C)(C)C)CC(=O)OC(C)(C)C)C(CCC(=O)NCC1CCC(C(=O)N[C@@H](Cc2ccc(-c3ccccc3)cc2)C(=O)OCc2ccccc2)CC1)P(=O)(OC(C)(C)C)OC(C)(C)C)CC(=O)OC(C)(C)C. The molecule has 1 aliphatic carbocycles. The summed E-state index contributed by atoms with van der Waals surface area (Å²) in [6, 6.07) is 26.3. The topological polar surface area (TPSA) is 235 Å². The molecule has 4 rings (SSSR count). The lowest BCUT2D eigenvalue weighted by Gasteiger charge is -2.42. The summed E-state index contributed by atoms with van der Waals surface area (Å²) in [6.07, 6.45) is 2.30. The summed E-state index contributed by atoms with van der Waals surface area (Å²) < 4.78 is 57.8. The quantitative estimate of drug-likeness (QED) is 0.0346. The fourth-order valence-electron chi connectivity index (χ4n) is 10.3. The number of ether oxygens (including phenoxy) is 5. The fourth-order valence-corrected chi connectivity index (χ4v) is 13.2. The number of amides is 2. The van der Waals surface area contributed by atoms with E-state index in [1.807, 2.05) is 84.9 Å². The van der Waals surface area contributed by atoms with E-state index in [1.165, 1.54) is 0 Å². The van der Waals surface area contributed by atoms with Crippen molar-refractivity contribution < 1.29 is 70.9 Å². The van der Waals surface area contributed by atoms with Crippen molar-refractivity contribution in [3.05, 3.63) is 96.1 Å². The van der Waals surface area contributed by atoms with Crippen molar-refractivity contribution in [3.8, 4) is 11.1 Å². The minimum Gasteiger partial charge on any atom is -0.459 e. The van der Waals surface area contributed by atoms with Gasteiger partial charge in [-0.1, -0.05) is 84.9 Å². The molecule has 3 aromatic carbocycles. The molecule has 508 valence electrons. The van der Waals surface area contributed by atoms with Gasteiger partial charge >= 0.3 is 37.4 Å². The molecule has 1 unspecified atom stereocenters. The Kier molecular flexibility index (Phi) is 29.1. The van der Waals surface area contributed by atoms with Gasteiger partial charge in [0, 0.05) is 51.5 Å². The smallest absolute Gasteiger partial charge is 0.348 e. The van der Waals surface area contributed by atoms with Crippen molar-refractivity contribution in [1.82, 2.24) is 25.3 Å². The number of hydrogen-bond acceptors (Lipinski definition) is 18. The number of nitrogens with zero attached hydrogens (tertiary/aromatic N) is 3. The van der Waals surface area contributed by atoms with Crippen molar-refractivity contribution in [2.75, 3.05) is 58.9 Å². The molecule has 1 saturated carbocycles. The fraction of sp³-hybridized carbons (Fsp3) is 0.643. The Morgan fingerprint density at radius 3 is 1.32 bits per heavy atom. The summed E-state index contributed by atoms with van der Waals surface area (Å²) in [5.74, 6) is -5.06. The van der Waals surface area contributed by atoms with E-state index in [4.69, 9.17) is 32.7 Å². The van der Waals surface area contributed by atoms with Crippen LogP contribution in [0.4, 0.5) is 0 Å². The number of benzene rings is 3. The van der Waals surface area contributed by atoms with Crippen LogP contribution in [0, 0.1) is 11.8 Å². The van der Waals surface area contributed by atoms with Crippen LogP contribution in [0.2, 0.25) is 0 Å². The first kappa shape index (κ1) is 77.4. The van der Waals surface area contributed by atoms with E-state index in [-0.39, 0.29) is 102 Å². The molecule has 0 saturated heterocycles. The van der Waals surface area contributed by atoms with Crippen LogP contribution in [0.1, 0.15) is 174 Å². The maximum absolute atomic E-state index is 16.1. The molecular formula is C70H108N5O15P. The van der Waals surface area contributed by atoms with Crippen LogP contribution in [0.5, 0.6) is 0 Å². The highest BCUT2D eigenvalue weighted by Gasteiger charge is 2.46. The molecule has 1 aliphatic rings. The van der Waals surface area contributed by atoms with Gasteiger partial charge in [0.2, 0.25) is 11.8 Å². The molecule has 2 amide bonds. The zero-order chi connectivity index (χ0) is 68.2. The Labute approximate surface area is 542 Å². The first-order chi connectivity index (χ1) is 42.0. The Hall–Kier alpha value is -6.02. The number of hydrogen-bond donors (Lipinski definition) is 2. The van der Waals surface area contributed by atoms with E-state index in [0.717, 1.165) is 22.3 Å². The number of esters is 5. The van der Waals surface area contributed by atoms with Crippen LogP contribution in [-0.2, 0) is 83.9 Å². The average molecular weight is 1290 g/mol. The van der Waals surface area contributed by atoms with Gasteiger partial charge in [-0.2, -0.15) is 0 Å². The van der Waals surface area contributed by atoms with Crippen molar-refractivity contribution in [1.29, 1.82) is 0 Å². The highest BCUT2D eigenvalue weighted by Crippen LogP contribution is 2.60. The van der Waals surface area contributed by atoms with Gasteiger partial charge in [0.25, 0.3) is 0 Å². The molecule has 91 heavy (non-hydrogen) atoms. The molecule has 0 radical (unpaired) electrons. The molecule has 20 nitrogen and oxygen atoms in total. The maximum Gasteiger partial charge on any atom is 0.348 e. The predicted molar refractivity (Wildman–Crippen MR) is 352 cm³/mol. The second-order valence-electron chi connectivity index (χ2n) is 29.7. The van der Waals surface area contributed by atoms with Crippen molar-refractivity contribution in [2.45, 2.75) is 222 Å². The molecule has 1 fully saturated rings. The third-order valence-corrected chi connectivity index (χ3v) is 16.8. The van der Waals surface area contributed by atoms with Crippen LogP contribution < -0.4 is 10.6 Å². The molecule has 3 aromatic rings. The number of nitrogens with one attached hydrogen (secondary N) is 2. The largest absolute Gasteiger partial charge is 0.459 e. The summed E-state index contributed by atoms with van der Waals surface area (Å²) in [5.41, 5.74) is -1.72. The van der Waals surface area contributed by atoms with Crippen molar-refractivity contribution >= 4 is 49.3 Å². The van der Waals surface area contributed by atoms with Gasteiger partial charge in [-0.15, -0.1) is 0 Å². The monoisotopic (exact) mass is 1290 g/mol. The van der Waals surface area contributed by atoms with Crippen molar-refractivity contribution in [2.24, 2.45) is 11.8 Å². The Bertz CT molecular complexity index is 2710. The normalized spacial score (nSPS) is 16.0. The van der Waals surface area contributed by atoms with Crippen LogP contribution in [0.25, 0.3) is 11.1 Å². The Morgan fingerprint density at radius 2 is 0.912 bits per heavy atom. The lowest BCUT2D eigenvalue weighted by atomic mass is 9.81. The molecular weight excluding hydrogens is 1180 g/mol. The molecule has 0 heterocycles. The Balaban J connectivity index is 1.62. The minimum atomic E-state index is -4.38. The summed E-state index contributed by atoms with van der Waals surface area (Å²) in [5, 5.41) is 6.14. The van der Waals surface area contributed by atoms with Gasteiger partial charge in [-0.25, -0.2) is 4.79 Å². The zero-order valence-electron chi connectivity index (χ0n) is 57.8. The summed E-state index contributed by atoms with van der Waals surface area (Å²) in [7, 11) is -4.38. The van der Waals surface area contributed by atoms with Crippen LogP contribution >= 0.6 is 7.60 Å². The number of carbonyl (C=O) groups is 7. The van der Waals surface area contributed by atoms with Crippen LogP contribution in [-0.4, -0.2) is 161 Å². The molecule has 0 aliphatic heterocycles. The van der Waals surface area contributed by atoms with E-state index in [9.17, 15) is 33.6 Å². The average Bonchev–Trinajstić information content (AvgIpc) is 0.833. The summed E-state index contributed by atoms with van der Waals surface area (Å²) in [4.78, 5) is 101. The molecule has 21 heteroatoms. The standard InChI is InChI=1S/C70H108N5O15P/c1-65(2,3)85-59(77)45-73(46-60(78)86-66(4,5)6)39-41-75(42-40-74(47-61(79)87-67(7,8)9)48-62(80)88-68(10,11)12)58(91(83,89-69(13,14)15)90-70(16,17)18)38-37-57(76)71-44-51-31-35-55(36-32-51)63(81)72-56(64(82)84-49-52-25-21-19-22-26-52)43-50-29-33-54(34-30-50)53-27-23-20-24-28-53/h19-30,33-34,51,55-56,58H,31-32,35-49H2,1-18H3,(H,71,76)(H,72,81)/t51?,55?,56-,58?/m0/s1. The van der Waals surface area contributed by atoms with E-state index in [0.29, 0.717) is 32.2 Å². The van der Waals surface area contributed by atoms with Crippen LogP contribution in [0.3, 0.4) is 0 Å². The summed E-state index contributed by atoms with van der Waals surface area (Å²) >= 11 is 0. The molecule has 0 bridgehead atoms. The zero-order valence-corrected chi connectivity index (χ0v) is 58.7. The second kappa shape index (κ2) is 34.2. The third-order valence-electron chi connectivity index (χ3n) is 13.8. The maximum atomic E-state index is 16.1. The highest BCUT2D eigenvalue weighted by atomic mass is 31.2. The van der Waals surface area contributed by atoms with Gasteiger partial charge in [0.15, 0.2) is 0 Å². The van der Waals surface area contributed by atoms with Crippen molar-refractivity contribution in [3.63, 3.8) is 0 Å². The summed E-state index contributed by atoms with van der Waals surface area (Å²) in [6.45, 7) is 30.4. The first-order valence-electron chi connectivity index (χ1n) is 32.0. The van der Waals surface area contributed by atoms with Gasteiger partial charge in [0.1, 0.15) is 40.8 Å². The molecule has 0 spiro atoms. The highest BCUT2D eigenvalue weighted by molar-refractivity contribution is 7.54. The van der Waals surface area contributed by atoms with E-state index in [2.05, 4.69) is 10.6 Å². The van der Waals surface area contributed by atoms with Crippen LogP contribution in [0.15, 0.2) is 84.9 Å². The van der Waals surface area contributed by atoms with Gasteiger partial charge in [-0.05, 0) is 185 Å².